The molecule has 1 N–H and O–H groups in total. The van der Waals surface area contributed by atoms with Crippen LogP contribution in [0, 0.1) is 26.2 Å². The van der Waals surface area contributed by atoms with Crippen molar-refractivity contribution in [1.29, 1.82) is 5.41 Å². The van der Waals surface area contributed by atoms with E-state index in [2.05, 4.69) is 19.1 Å². The smallest absolute Gasteiger partial charge is 0.219 e. The minimum absolute atomic E-state index is 0.134. The first kappa shape index (κ1) is 11.6. The highest BCUT2D eigenvalue weighted by molar-refractivity contribution is 5.74. The molecule has 1 rings (SSSR count). The number of hydrogen-bond acceptors (Lipinski definition) is 3. The summed E-state index contributed by atoms with van der Waals surface area (Å²) in [6.45, 7) is 6.25. The quantitative estimate of drug-likeness (QED) is 0.611. The van der Waals surface area contributed by atoms with Crippen LogP contribution in [0.3, 0.4) is 0 Å². The molecular weight excluding hydrogens is 190 g/mol. The largest absolute Gasteiger partial charge is 0.483 e. The van der Waals surface area contributed by atoms with E-state index in [4.69, 9.17) is 14.9 Å². The van der Waals surface area contributed by atoms with Crippen LogP contribution < -0.4 is 4.74 Å². The SMILES string of the molecule is COC(=N)COc1c(C)cc(C)cc1C. The zero-order valence-corrected chi connectivity index (χ0v) is 9.68. The number of benzene rings is 1. The second kappa shape index (κ2) is 4.82. The summed E-state index contributed by atoms with van der Waals surface area (Å²) in [4.78, 5) is 0. The van der Waals surface area contributed by atoms with Crippen molar-refractivity contribution in [3.63, 3.8) is 0 Å². The lowest BCUT2D eigenvalue weighted by atomic mass is 10.1. The summed E-state index contributed by atoms with van der Waals surface area (Å²) < 4.78 is 10.3. The van der Waals surface area contributed by atoms with Gasteiger partial charge in [0.1, 0.15) is 5.75 Å². The lowest BCUT2D eigenvalue weighted by Gasteiger charge is -2.12. The lowest BCUT2D eigenvalue weighted by molar-refractivity contribution is 0.307. The molecule has 0 fully saturated rings. The van der Waals surface area contributed by atoms with Gasteiger partial charge in [-0.15, -0.1) is 0 Å². The second-order valence-corrected chi connectivity index (χ2v) is 3.64. The molecule has 0 aromatic heterocycles. The van der Waals surface area contributed by atoms with Crippen molar-refractivity contribution >= 4 is 5.90 Å². The number of aryl methyl sites for hydroxylation is 3. The van der Waals surface area contributed by atoms with Gasteiger partial charge in [0.05, 0.1) is 7.11 Å². The summed E-state index contributed by atoms with van der Waals surface area (Å²) in [6, 6.07) is 4.14. The first-order valence-electron chi connectivity index (χ1n) is 4.86. The predicted octanol–water partition coefficient (Wildman–Crippen LogP) is 2.61. The summed E-state index contributed by atoms with van der Waals surface area (Å²) in [7, 11) is 1.47. The van der Waals surface area contributed by atoms with E-state index in [1.807, 2.05) is 13.8 Å². The van der Waals surface area contributed by atoms with Gasteiger partial charge in [0.25, 0.3) is 0 Å². The van der Waals surface area contributed by atoms with Crippen LogP contribution in [0.5, 0.6) is 5.75 Å². The maximum atomic E-state index is 7.32. The molecule has 0 saturated heterocycles. The molecule has 0 amide bonds. The highest BCUT2D eigenvalue weighted by atomic mass is 16.5. The van der Waals surface area contributed by atoms with E-state index in [1.54, 1.807) is 0 Å². The Morgan fingerprint density at radius 3 is 2.20 bits per heavy atom. The van der Waals surface area contributed by atoms with Gasteiger partial charge in [-0.2, -0.15) is 0 Å². The van der Waals surface area contributed by atoms with E-state index >= 15 is 0 Å². The van der Waals surface area contributed by atoms with E-state index in [-0.39, 0.29) is 12.5 Å². The summed E-state index contributed by atoms with van der Waals surface area (Å²) in [5, 5.41) is 7.32. The van der Waals surface area contributed by atoms with Gasteiger partial charge in [-0.25, -0.2) is 0 Å². The van der Waals surface area contributed by atoms with Crippen LogP contribution in [-0.4, -0.2) is 19.6 Å². The van der Waals surface area contributed by atoms with E-state index in [9.17, 15) is 0 Å². The molecule has 0 unspecified atom stereocenters. The maximum Gasteiger partial charge on any atom is 0.219 e. The number of rotatable bonds is 3. The highest BCUT2D eigenvalue weighted by Crippen LogP contribution is 2.24. The molecule has 1 aromatic carbocycles. The molecule has 0 saturated carbocycles. The molecule has 0 spiro atoms. The van der Waals surface area contributed by atoms with Gasteiger partial charge in [0.15, 0.2) is 6.61 Å². The molecule has 15 heavy (non-hydrogen) atoms. The van der Waals surface area contributed by atoms with Gasteiger partial charge >= 0.3 is 0 Å². The molecule has 3 heteroatoms. The molecule has 0 radical (unpaired) electrons. The Morgan fingerprint density at radius 1 is 1.20 bits per heavy atom. The first-order chi connectivity index (χ1) is 7.04. The molecule has 0 atom stereocenters. The van der Waals surface area contributed by atoms with E-state index < -0.39 is 0 Å². The molecule has 0 aliphatic heterocycles. The monoisotopic (exact) mass is 207 g/mol. The fraction of sp³-hybridized carbons (Fsp3) is 0.417. The van der Waals surface area contributed by atoms with Crippen LogP contribution >= 0.6 is 0 Å². The topological polar surface area (TPSA) is 42.3 Å². The van der Waals surface area contributed by atoms with Crippen LogP contribution in [0.1, 0.15) is 16.7 Å². The van der Waals surface area contributed by atoms with Crippen molar-refractivity contribution in [1.82, 2.24) is 0 Å². The Morgan fingerprint density at radius 2 is 1.73 bits per heavy atom. The van der Waals surface area contributed by atoms with Crippen LogP contribution in [0.15, 0.2) is 12.1 Å². The van der Waals surface area contributed by atoms with Crippen LogP contribution in [0.4, 0.5) is 0 Å². The van der Waals surface area contributed by atoms with Crippen LogP contribution in [0.2, 0.25) is 0 Å². The van der Waals surface area contributed by atoms with E-state index in [0.717, 1.165) is 16.9 Å². The van der Waals surface area contributed by atoms with Gasteiger partial charge in [-0.1, -0.05) is 17.7 Å². The minimum Gasteiger partial charge on any atom is -0.483 e. The van der Waals surface area contributed by atoms with E-state index in [0.29, 0.717) is 0 Å². The summed E-state index contributed by atoms with van der Waals surface area (Å²) in [6.07, 6.45) is 0. The van der Waals surface area contributed by atoms with Gasteiger partial charge in [0, 0.05) is 0 Å². The zero-order valence-electron chi connectivity index (χ0n) is 9.68. The summed E-state index contributed by atoms with van der Waals surface area (Å²) in [5.41, 5.74) is 3.41. The Balaban J connectivity index is 2.81. The lowest BCUT2D eigenvalue weighted by Crippen LogP contribution is -2.13. The van der Waals surface area contributed by atoms with Crippen molar-refractivity contribution in [2.24, 2.45) is 0 Å². The van der Waals surface area contributed by atoms with Gasteiger partial charge < -0.3 is 9.47 Å². The van der Waals surface area contributed by atoms with Crippen molar-refractivity contribution in [3.8, 4) is 5.75 Å². The normalized spacial score (nSPS) is 9.87. The fourth-order valence-electron chi connectivity index (χ4n) is 1.59. The van der Waals surface area contributed by atoms with Crippen molar-refractivity contribution in [2.45, 2.75) is 20.8 Å². The number of nitrogens with one attached hydrogen (secondary N) is 1. The van der Waals surface area contributed by atoms with Gasteiger partial charge in [-0.3, -0.25) is 5.41 Å². The molecule has 0 heterocycles. The average Bonchev–Trinajstić information content (AvgIpc) is 2.15. The average molecular weight is 207 g/mol. The molecule has 3 nitrogen and oxygen atoms in total. The third-order valence-electron chi connectivity index (χ3n) is 2.20. The summed E-state index contributed by atoms with van der Waals surface area (Å²) in [5.74, 6) is 0.983. The highest BCUT2D eigenvalue weighted by Gasteiger charge is 2.06. The minimum atomic E-state index is 0.134. The molecule has 0 bridgehead atoms. The third kappa shape index (κ3) is 2.98. The van der Waals surface area contributed by atoms with Gasteiger partial charge in [0.2, 0.25) is 5.90 Å². The molecule has 82 valence electrons. The Hall–Kier alpha value is -1.51. The molecule has 0 aliphatic carbocycles. The Kier molecular flexibility index (Phi) is 3.72. The fourth-order valence-corrected chi connectivity index (χ4v) is 1.59. The summed E-state index contributed by atoms with van der Waals surface area (Å²) >= 11 is 0. The molecule has 1 aromatic rings. The van der Waals surface area contributed by atoms with Crippen molar-refractivity contribution in [3.05, 3.63) is 28.8 Å². The molecule has 0 aliphatic rings. The number of hydrogen-bond donors (Lipinski definition) is 1. The maximum absolute atomic E-state index is 7.32. The van der Waals surface area contributed by atoms with E-state index in [1.165, 1.54) is 12.7 Å². The third-order valence-corrected chi connectivity index (χ3v) is 2.20. The van der Waals surface area contributed by atoms with Crippen molar-refractivity contribution in [2.75, 3.05) is 13.7 Å². The van der Waals surface area contributed by atoms with Crippen LogP contribution in [0.25, 0.3) is 0 Å². The van der Waals surface area contributed by atoms with Gasteiger partial charge in [-0.05, 0) is 31.9 Å². The Labute approximate surface area is 90.5 Å². The number of methoxy groups -OCH3 is 1. The van der Waals surface area contributed by atoms with Crippen molar-refractivity contribution < 1.29 is 9.47 Å². The second-order valence-electron chi connectivity index (χ2n) is 3.64. The van der Waals surface area contributed by atoms with Crippen LogP contribution in [-0.2, 0) is 4.74 Å². The Bertz CT molecular complexity index is 349. The standard InChI is InChI=1S/C12H17NO2/c1-8-5-9(2)12(10(3)6-8)15-7-11(13)14-4/h5-6,13H,7H2,1-4H3. The zero-order chi connectivity index (χ0) is 11.4. The predicted molar refractivity (Wildman–Crippen MR) is 60.9 cm³/mol. The molecular formula is C12H17NO2. The number of ether oxygens (including phenoxy) is 2. The first-order valence-corrected chi connectivity index (χ1v) is 4.86.